The van der Waals surface area contributed by atoms with Crippen LogP contribution in [0.25, 0.3) is 0 Å². The Balaban J connectivity index is 1.84. The highest BCUT2D eigenvalue weighted by molar-refractivity contribution is 7.89. The first-order valence-electron chi connectivity index (χ1n) is 6.80. The molecule has 0 saturated carbocycles. The molecule has 7 heteroatoms. The second kappa shape index (κ2) is 7.22. The highest BCUT2D eigenvalue weighted by Gasteiger charge is 2.28. The van der Waals surface area contributed by atoms with E-state index in [1.807, 2.05) is 13.0 Å². The van der Waals surface area contributed by atoms with E-state index in [2.05, 4.69) is 16.3 Å². The number of hydrogen-bond acceptors (Lipinski definition) is 4. The monoisotopic (exact) mass is 336 g/mol. The Morgan fingerprint density at radius 2 is 2.05 bits per heavy atom. The van der Waals surface area contributed by atoms with Gasteiger partial charge in [-0.15, -0.1) is 22.9 Å². The van der Waals surface area contributed by atoms with Gasteiger partial charge in [0.25, 0.3) is 0 Å². The average molecular weight is 337 g/mol. The zero-order valence-electron chi connectivity index (χ0n) is 11.7. The average Bonchev–Trinajstić information content (AvgIpc) is 2.91. The maximum Gasteiger partial charge on any atom is 0.214 e. The van der Waals surface area contributed by atoms with Gasteiger partial charge in [0.15, 0.2) is 0 Å². The largest absolute Gasteiger partial charge is 0.296 e. The lowest BCUT2D eigenvalue weighted by atomic mass is 10.3. The van der Waals surface area contributed by atoms with Gasteiger partial charge in [0.1, 0.15) is 0 Å². The molecule has 1 saturated heterocycles. The topological polar surface area (TPSA) is 40.6 Å². The number of piperazine rings is 1. The Labute approximate surface area is 130 Å². The van der Waals surface area contributed by atoms with E-state index in [4.69, 9.17) is 11.6 Å². The second-order valence-corrected chi connectivity index (χ2v) is 8.65. The van der Waals surface area contributed by atoms with Gasteiger partial charge in [-0.3, -0.25) is 4.90 Å². The third-order valence-electron chi connectivity index (χ3n) is 3.44. The summed E-state index contributed by atoms with van der Waals surface area (Å²) in [6.45, 7) is 5.56. The smallest absolute Gasteiger partial charge is 0.214 e. The van der Waals surface area contributed by atoms with Crippen LogP contribution in [0.4, 0.5) is 0 Å². The van der Waals surface area contributed by atoms with Gasteiger partial charge in [-0.05, 0) is 17.4 Å². The van der Waals surface area contributed by atoms with Gasteiger partial charge in [-0.2, -0.15) is 4.31 Å². The molecule has 1 aromatic rings. The van der Waals surface area contributed by atoms with Crippen LogP contribution in [0.5, 0.6) is 0 Å². The van der Waals surface area contributed by atoms with Crippen LogP contribution in [-0.2, 0) is 16.6 Å². The van der Waals surface area contributed by atoms with Crippen LogP contribution in [-0.4, -0.2) is 55.4 Å². The third-order valence-corrected chi connectivity index (χ3v) is 6.97. The molecule has 0 bridgehead atoms. The third kappa shape index (κ3) is 4.43. The van der Waals surface area contributed by atoms with Gasteiger partial charge in [0.05, 0.1) is 5.75 Å². The van der Waals surface area contributed by atoms with Gasteiger partial charge in [0.2, 0.25) is 10.0 Å². The molecular formula is C13H21ClN2O2S2. The van der Waals surface area contributed by atoms with Gasteiger partial charge in [-0.1, -0.05) is 13.0 Å². The summed E-state index contributed by atoms with van der Waals surface area (Å²) in [6, 6.07) is 4.17. The van der Waals surface area contributed by atoms with Crippen molar-refractivity contribution in [3.8, 4) is 0 Å². The number of thiophene rings is 1. The van der Waals surface area contributed by atoms with E-state index in [0.717, 1.165) is 19.6 Å². The first-order chi connectivity index (χ1) is 9.51. The lowest BCUT2D eigenvalue weighted by Gasteiger charge is -2.34. The van der Waals surface area contributed by atoms with Crippen LogP contribution >= 0.6 is 22.9 Å². The lowest BCUT2D eigenvalue weighted by Crippen LogP contribution is -2.49. The lowest BCUT2D eigenvalue weighted by molar-refractivity contribution is 0.182. The fourth-order valence-electron chi connectivity index (χ4n) is 2.30. The Morgan fingerprint density at radius 3 is 2.60 bits per heavy atom. The summed E-state index contributed by atoms with van der Waals surface area (Å²) in [5, 5.41) is 2.07. The molecule has 0 aliphatic carbocycles. The fourth-order valence-corrected chi connectivity index (χ4v) is 5.05. The van der Waals surface area contributed by atoms with Crippen molar-refractivity contribution in [2.75, 3.05) is 37.8 Å². The van der Waals surface area contributed by atoms with E-state index in [9.17, 15) is 8.42 Å². The molecule has 4 nitrogen and oxygen atoms in total. The zero-order chi connectivity index (χ0) is 14.6. The molecule has 1 unspecified atom stereocenters. The minimum Gasteiger partial charge on any atom is -0.296 e. The van der Waals surface area contributed by atoms with Gasteiger partial charge >= 0.3 is 0 Å². The first-order valence-corrected chi connectivity index (χ1v) is 9.82. The molecule has 2 heterocycles. The van der Waals surface area contributed by atoms with Crippen LogP contribution in [0.2, 0.25) is 0 Å². The zero-order valence-corrected chi connectivity index (χ0v) is 14.1. The molecule has 2 rings (SSSR count). The van der Waals surface area contributed by atoms with Crippen LogP contribution < -0.4 is 0 Å². The first kappa shape index (κ1) is 16.2. The summed E-state index contributed by atoms with van der Waals surface area (Å²) >= 11 is 7.46. The van der Waals surface area contributed by atoms with Crippen molar-refractivity contribution in [1.82, 2.24) is 9.21 Å². The summed E-state index contributed by atoms with van der Waals surface area (Å²) in [4.78, 5) is 3.64. The predicted molar refractivity (Wildman–Crippen MR) is 84.8 cm³/mol. The molecule has 0 N–H and O–H groups in total. The molecule has 114 valence electrons. The maximum absolute atomic E-state index is 12.2. The summed E-state index contributed by atoms with van der Waals surface area (Å²) < 4.78 is 26.1. The van der Waals surface area contributed by atoms with Crippen molar-refractivity contribution < 1.29 is 8.42 Å². The summed E-state index contributed by atoms with van der Waals surface area (Å²) in [5.74, 6) is 0.546. The number of nitrogens with zero attached hydrogens (tertiary/aromatic N) is 2. The number of alkyl halides is 1. The van der Waals surface area contributed by atoms with Crippen molar-refractivity contribution >= 4 is 33.0 Å². The predicted octanol–water partition coefficient (Wildman–Crippen LogP) is 2.07. The van der Waals surface area contributed by atoms with Crippen LogP contribution in [0.1, 0.15) is 11.8 Å². The Kier molecular flexibility index (Phi) is 5.86. The standard InChI is InChI=1S/C13H21ClN2O2S2/c1-12(9-14)11-20(17,18)16-6-4-15(5-7-16)10-13-3-2-8-19-13/h2-3,8,12H,4-7,9-11H2,1H3. The van der Waals surface area contributed by atoms with Crippen molar-refractivity contribution in [1.29, 1.82) is 0 Å². The van der Waals surface area contributed by atoms with E-state index in [1.165, 1.54) is 4.88 Å². The molecule has 20 heavy (non-hydrogen) atoms. The maximum atomic E-state index is 12.2. The molecule has 0 amide bonds. The number of rotatable bonds is 6. The molecule has 0 aromatic carbocycles. The number of hydrogen-bond donors (Lipinski definition) is 0. The minimum atomic E-state index is -3.16. The van der Waals surface area contributed by atoms with E-state index in [-0.39, 0.29) is 11.7 Å². The second-order valence-electron chi connectivity index (χ2n) is 5.29. The normalized spacial score (nSPS) is 20.1. The van der Waals surface area contributed by atoms with Crippen molar-refractivity contribution in [3.63, 3.8) is 0 Å². The number of sulfonamides is 1. The van der Waals surface area contributed by atoms with E-state index in [1.54, 1.807) is 15.6 Å². The molecular weight excluding hydrogens is 316 g/mol. The van der Waals surface area contributed by atoms with E-state index >= 15 is 0 Å². The minimum absolute atomic E-state index is 0.00538. The number of halogens is 1. The van der Waals surface area contributed by atoms with Crippen LogP contribution in [0.3, 0.4) is 0 Å². The molecule has 1 fully saturated rings. The Bertz CT molecular complexity index is 496. The Hall–Kier alpha value is -0.140. The SMILES string of the molecule is CC(CCl)CS(=O)(=O)N1CCN(Cc2cccs2)CC1. The van der Waals surface area contributed by atoms with Crippen LogP contribution in [0, 0.1) is 5.92 Å². The molecule has 1 aliphatic heterocycles. The molecule has 0 radical (unpaired) electrons. The van der Waals surface area contributed by atoms with Gasteiger partial charge in [0, 0.05) is 43.5 Å². The van der Waals surface area contributed by atoms with E-state index in [0.29, 0.717) is 19.0 Å². The molecule has 1 aromatic heterocycles. The molecule has 1 aliphatic rings. The van der Waals surface area contributed by atoms with Gasteiger partial charge in [-0.25, -0.2) is 8.42 Å². The van der Waals surface area contributed by atoms with Crippen molar-refractivity contribution in [2.45, 2.75) is 13.5 Å². The Morgan fingerprint density at radius 1 is 1.35 bits per heavy atom. The van der Waals surface area contributed by atoms with Crippen molar-refractivity contribution in [2.24, 2.45) is 5.92 Å². The summed E-state index contributed by atoms with van der Waals surface area (Å²) in [7, 11) is -3.16. The van der Waals surface area contributed by atoms with E-state index < -0.39 is 10.0 Å². The summed E-state index contributed by atoms with van der Waals surface area (Å²) in [6.07, 6.45) is 0. The van der Waals surface area contributed by atoms with Crippen molar-refractivity contribution in [3.05, 3.63) is 22.4 Å². The fraction of sp³-hybridized carbons (Fsp3) is 0.692. The van der Waals surface area contributed by atoms with Gasteiger partial charge < -0.3 is 0 Å². The quantitative estimate of drug-likeness (QED) is 0.747. The molecule has 1 atom stereocenters. The highest BCUT2D eigenvalue weighted by Crippen LogP contribution is 2.16. The summed E-state index contributed by atoms with van der Waals surface area (Å²) in [5.41, 5.74) is 0. The van der Waals surface area contributed by atoms with Crippen LogP contribution in [0.15, 0.2) is 17.5 Å². The molecule has 0 spiro atoms. The highest BCUT2D eigenvalue weighted by atomic mass is 35.5.